The SMILES string of the molecule is COc1ccc(CNc2nc(NCCCO)c3ccccc3n2)cc1. The molecule has 0 unspecified atom stereocenters. The third-order valence-corrected chi connectivity index (χ3v) is 3.84. The lowest BCUT2D eigenvalue weighted by Gasteiger charge is -2.12. The van der Waals surface area contributed by atoms with Gasteiger partial charge in [-0.1, -0.05) is 24.3 Å². The number of nitrogens with one attached hydrogen (secondary N) is 2. The highest BCUT2D eigenvalue weighted by molar-refractivity contribution is 5.89. The molecule has 6 heteroatoms. The minimum Gasteiger partial charge on any atom is -0.497 e. The van der Waals surface area contributed by atoms with Crippen molar-refractivity contribution in [1.82, 2.24) is 9.97 Å². The molecular weight excluding hydrogens is 316 g/mol. The molecule has 2 aromatic carbocycles. The fourth-order valence-corrected chi connectivity index (χ4v) is 2.50. The molecule has 6 nitrogen and oxygen atoms in total. The Balaban J connectivity index is 1.77. The van der Waals surface area contributed by atoms with Crippen LogP contribution in [0, 0.1) is 0 Å². The molecule has 0 aliphatic rings. The molecule has 1 aromatic heterocycles. The summed E-state index contributed by atoms with van der Waals surface area (Å²) in [5.41, 5.74) is 1.99. The Morgan fingerprint density at radius 3 is 2.56 bits per heavy atom. The van der Waals surface area contributed by atoms with E-state index in [1.165, 1.54) is 0 Å². The third kappa shape index (κ3) is 4.36. The zero-order chi connectivity index (χ0) is 17.5. The maximum absolute atomic E-state index is 8.97. The van der Waals surface area contributed by atoms with Crippen molar-refractivity contribution in [3.05, 3.63) is 54.1 Å². The van der Waals surface area contributed by atoms with Crippen molar-refractivity contribution in [2.24, 2.45) is 0 Å². The Bertz CT molecular complexity index is 821. The van der Waals surface area contributed by atoms with Gasteiger partial charge in [-0.3, -0.25) is 0 Å². The highest BCUT2D eigenvalue weighted by atomic mass is 16.5. The number of nitrogens with zero attached hydrogens (tertiary/aromatic N) is 2. The number of anilines is 2. The van der Waals surface area contributed by atoms with E-state index in [0.717, 1.165) is 28.0 Å². The van der Waals surface area contributed by atoms with Crippen molar-refractivity contribution in [2.75, 3.05) is 30.9 Å². The van der Waals surface area contributed by atoms with E-state index in [1.54, 1.807) is 7.11 Å². The number of methoxy groups -OCH3 is 1. The van der Waals surface area contributed by atoms with E-state index in [1.807, 2.05) is 48.5 Å². The first-order valence-electron chi connectivity index (χ1n) is 8.28. The number of hydrogen-bond acceptors (Lipinski definition) is 6. The van der Waals surface area contributed by atoms with Gasteiger partial charge in [-0.15, -0.1) is 0 Å². The zero-order valence-corrected chi connectivity index (χ0v) is 14.2. The first-order valence-corrected chi connectivity index (χ1v) is 8.28. The van der Waals surface area contributed by atoms with E-state index < -0.39 is 0 Å². The van der Waals surface area contributed by atoms with Gasteiger partial charge in [0.05, 0.1) is 12.6 Å². The second kappa shape index (κ2) is 8.30. The van der Waals surface area contributed by atoms with Crippen molar-refractivity contribution in [2.45, 2.75) is 13.0 Å². The predicted molar refractivity (Wildman–Crippen MR) is 100 cm³/mol. The number of ether oxygens (including phenoxy) is 1. The van der Waals surface area contributed by atoms with Crippen LogP contribution in [0.5, 0.6) is 5.75 Å². The van der Waals surface area contributed by atoms with Crippen molar-refractivity contribution >= 4 is 22.7 Å². The van der Waals surface area contributed by atoms with Gasteiger partial charge in [0.2, 0.25) is 5.95 Å². The number of fused-ring (bicyclic) bond motifs is 1. The van der Waals surface area contributed by atoms with Crippen molar-refractivity contribution in [3.8, 4) is 5.75 Å². The Morgan fingerprint density at radius 1 is 1.00 bits per heavy atom. The Hall–Kier alpha value is -2.86. The highest BCUT2D eigenvalue weighted by Gasteiger charge is 2.07. The summed E-state index contributed by atoms with van der Waals surface area (Å²) in [7, 11) is 1.65. The average molecular weight is 338 g/mol. The Kier molecular flexibility index (Phi) is 5.64. The number of aromatic nitrogens is 2. The van der Waals surface area contributed by atoms with E-state index in [2.05, 4.69) is 20.6 Å². The summed E-state index contributed by atoms with van der Waals surface area (Å²) in [4.78, 5) is 9.16. The lowest BCUT2D eigenvalue weighted by molar-refractivity contribution is 0.292. The molecule has 0 bridgehead atoms. The van der Waals surface area contributed by atoms with E-state index >= 15 is 0 Å². The highest BCUT2D eigenvalue weighted by Crippen LogP contribution is 2.22. The summed E-state index contributed by atoms with van der Waals surface area (Å²) >= 11 is 0. The Labute approximate surface area is 146 Å². The van der Waals surface area contributed by atoms with E-state index in [0.29, 0.717) is 25.5 Å². The molecule has 130 valence electrons. The molecule has 3 aromatic rings. The minimum atomic E-state index is 0.151. The van der Waals surface area contributed by atoms with Gasteiger partial charge < -0.3 is 20.5 Å². The van der Waals surface area contributed by atoms with Gasteiger partial charge in [0.1, 0.15) is 11.6 Å². The fourth-order valence-electron chi connectivity index (χ4n) is 2.50. The monoisotopic (exact) mass is 338 g/mol. The molecule has 0 radical (unpaired) electrons. The van der Waals surface area contributed by atoms with Crippen LogP contribution in [0.2, 0.25) is 0 Å². The molecule has 0 aliphatic carbocycles. The second-order valence-corrected chi connectivity index (χ2v) is 5.62. The summed E-state index contributed by atoms with van der Waals surface area (Å²) in [6.07, 6.45) is 0.674. The van der Waals surface area contributed by atoms with Crippen LogP contribution in [0.4, 0.5) is 11.8 Å². The normalized spacial score (nSPS) is 10.6. The van der Waals surface area contributed by atoms with Crippen LogP contribution in [0.1, 0.15) is 12.0 Å². The number of hydrogen-bond donors (Lipinski definition) is 3. The summed E-state index contributed by atoms with van der Waals surface area (Å²) < 4.78 is 5.17. The standard InChI is InChI=1S/C19H22N4O2/c1-25-15-9-7-14(8-10-15)13-21-19-22-17-6-3-2-5-16(17)18(23-19)20-11-4-12-24/h2-3,5-10,24H,4,11-13H2,1H3,(H2,20,21,22,23). The van der Waals surface area contributed by atoms with Crippen LogP contribution >= 0.6 is 0 Å². The fraction of sp³-hybridized carbons (Fsp3) is 0.263. The molecule has 0 spiro atoms. The molecule has 0 atom stereocenters. The summed E-state index contributed by atoms with van der Waals surface area (Å²) in [5, 5.41) is 16.5. The zero-order valence-electron chi connectivity index (χ0n) is 14.2. The molecule has 1 heterocycles. The van der Waals surface area contributed by atoms with E-state index in [9.17, 15) is 0 Å². The molecule has 3 rings (SSSR count). The van der Waals surface area contributed by atoms with Crippen molar-refractivity contribution < 1.29 is 9.84 Å². The van der Waals surface area contributed by atoms with Gasteiger partial charge >= 0.3 is 0 Å². The Morgan fingerprint density at radius 2 is 1.80 bits per heavy atom. The summed E-state index contributed by atoms with van der Waals surface area (Å²) in [5.74, 6) is 2.18. The number of rotatable bonds is 8. The number of para-hydroxylation sites is 1. The van der Waals surface area contributed by atoms with Gasteiger partial charge in [-0.05, 0) is 36.2 Å². The van der Waals surface area contributed by atoms with Crippen LogP contribution < -0.4 is 15.4 Å². The largest absolute Gasteiger partial charge is 0.497 e. The quantitative estimate of drug-likeness (QED) is 0.548. The maximum Gasteiger partial charge on any atom is 0.225 e. The van der Waals surface area contributed by atoms with Gasteiger partial charge in [-0.25, -0.2) is 4.98 Å². The van der Waals surface area contributed by atoms with Crippen LogP contribution in [0.25, 0.3) is 10.9 Å². The van der Waals surface area contributed by atoms with Gasteiger partial charge in [-0.2, -0.15) is 4.98 Å². The van der Waals surface area contributed by atoms with Gasteiger partial charge in [0, 0.05) is 25.1 Å². The topological polar surface area (TPSA) is 79.3 Å². The number of benzene rings is 2. The molecule has 0 fully saturated rings. The van der Waals surface area contributed by atoms with Crippen LogP contribution in [0.15, 0.2) is 48.5 Å². The number of aliphatic hydroxyl groups is 1. The first-order chi connectivity index (χ1) is 12.3. The van der Waals surface area contributed by atoms with Gasteiger partial charge in [0.15, 0.2) is 0 Å². The molecule has 0 saturated heterocycles. The molecule has 0 saturated carbocycles. The van der Waals surface area contributed by atoms with Gasteiger partial charge in [0.25, 0.3) is 0 Å². The van der Waals surface area contributed by atoms with E-state index in [4.69, 9.17) is 9.84 Å². The molecule has 25 heavy (non-hydrogen) atoms. The summed E-state index contributed by atoms with van der Waals surface area (Å²) in [6.45, 7) is 1.44. The molecular formula is C19H22N4O2. The lowest BCUT2D eigenvalue weighted by atomic mass is 10.2. The molecule has 0 aliphatic heterocycles. The average Bonchev–Trinajstić information content (AvgIpc) is 2.67. The predicted octanol–water partition coefficient (Wildman–Crippen LogP) is 3.04. The summed E-state index contributed by atoms with van der Waals surface area (Å²) in [6, 6.07) is 15.8. The molecule has 3 N–H and O–H groups in total. The lowest BCUT2D eigenvalue weighted by Crippen LogP contribution is -2.09. The molecule has 0 amide bonds. The second-order valence-electron chi connectivity index (χ2n) is 5.62. The smallest absolute Gasteiger partial charge is 0.225 e. The van der Waals surface area contributed by atoms with Crippen molar-refractivity contribution in [3.63, 3.8) is 0 Å². The van der Waals surface area contributed by atoms with Crippen LogP contribution in [0.3, 0.4) is 0 Å². The maximum atomic E-state index is 8.97. The third-order valence-electron chi connectivity index (χ3n) is 3.84. The van der Waals surface area contributed by atoms with Crippen LogP contribution in [-0.4, -0.2) is 35.3 Å². The minimum absolute atomic E-state index is 0.151. The van der Waals surface area contributed by atoms with Crippen molar-refractivity contribution in [1.29, 1.82) is 0 Å². The van der Waals surface area contributed by atoms with Crippen LogP contribution in [-0.2, 0) is 6.54 Å². The van der Waals surface area contributed by atoms with E-state index in [-0.39, 0.29) is 6.61 Å². The first kappa shape index (κ1) is 17.0. The number of aliphatic hydroxyl groups excluding tert-OH is 1.